The van der Waals surface area contributed by atoms with Crippen LogP contribution in [0.15, 0.2) is 48.5 Å². The number of rotatable bonds is 8. The summed E-state index contributed by atoms with van der Waals surface area (Å²) < 4.78 is 20.3. The summed E-state index contributed by atoms with van der Waals surface area (Å²) in [6.07, 6.45) is 3.54. The van der Waals surface area contributed by atoms with Crippen molar-refractivity contribution in [3.63, 3.8) is 0 Å². The molecule has 2 N–H and O–H groups in total. The maximum atomic E-state index is 13.2. The van der Waals surface area contributed by atoms with Gasteiger partial charge in [-0.25, -0.2) is 9.07 Å². The Bertz CT molecular complexity index is 1030. The van der Waals surface area contributed by atoms with Gasteiger partial charge in [0.1, 0.15) is 11.6 Å². The monoisotopic (exact) mass is 473 g/mol. The van der Waals surface area contributed by atoms with E-state index in [0.717, 1.165) is 55.9 Å². The Balaban J connectivity index is 0.00000306. The third kappa shape index (κ3) is 6.52. The average molecular weight is 474 g/mol. The zero-order valence-electron chi connectivity index (χ0n) is 18.6. The van der Waals surface area contributed by atoms with Crippen molar-refractivity contribution in [2.75, 3.05) is 25.5 Å². The van der Waals surface area contributed by atoms with Gasteiger partial charge in [0.2, 0.25) is 0 Å². The van der Waals surface area contributed by atoms with Crippen LogP contribution in [0.3, 0.4) is 0 Å². The highest BCUT2D eigenvalue weighted by molar-refractivity contribution is 6.03. The fraction of sp³-hybridized carbons (Fsp3) is 0.375. The summed E-state index contributed by atoms with van der Waals surface area (Å²) in [5.74, 6) is 0.630. The van der Waals surface area contributed by atoms with Gasteiger partial charge in [-0.1, -0.05) is 17.3 Å². The molecule has 1 aliphatic rings. The number of piperidine rings is 1. The van der Waals surface area contributed by atoms with Gasteiger partial charge >= 0.3 is 0 Å². The highest BCUT2D eigenvalue weighted by Gasteiger charge is 2.22. The second kappa shape index (κ2) is 11.8. The minimum absolute atomic E-state index is 0. The van der Waals surface area contributed by atoms with Crippen molar-refractivity contribution in [3.8, 4) is 5.75 Å². The number of carbonyl (C=O) groups is 1. The van der Waals surface area contributed by atoms with Gasteiger partial charge in [0.15, 0.2) is 5.69 Å². The van der Waals surface area contributed by atoms with E-state index in [1.807, 2.05) is 28.9 Å². The van der Waals surface area contributed by atoms with Crippen molar-refractivity contribution in [2.45, 2.75) is 32.2 Å². The number of carbonyl (C=O) groups excluding carboxylic acids is 1. The molecule has 3 aromatic rings. The Kier molecular flexibility index (Phi) is 8.79. The molecule has 0 aliphatic carbocycles. The smallest absolute Gasteiger partial charge is 0.278 e. The predicted octanol–water partition coefficient (Wildman–Crippen LogP) is 3.88. The number of hydrogen-bond donors (Lipinski definition) is 2. The molecule has 176 valence electrons. The number of aromatic nitrogens is 3. The number of nitrogens with zero attached hydrogens (tertiary/aromatic N) is 3. The molecule has 1 fully saturated rings. The summed E-state index contributed by atoms with van der Waals surface area (Å²) in [7, 11) is 1.64. The minimum Gasteiger partial charge on any atom is -0.497 e. The topological polar surface area (TPSA) is 81.1 Å². The second-order valence-electron chi connectivity index (χ2n) is 8.07. The van der Waals surface area contributed by atoms with Gasteiger partial charge in [-0.3, -0.25) is 4.79 Å². The normalized spacial score (nSPS) is 13.9. The largest absolute Gasteiger partial charge is 0.497 e. The molecule has 1 aromatic heterocycles. The lowest BCUT2D eigenvalue weighted by Gasteiger charge is -2.23. The molecule has 7 nitrogen and oxygen atoms in total. The standard InChI is InChI=1S/C24H28FN5O2.ClH/c1-32-21-9-2-17(3-10-21)4-11-22-23(24(31)27-20-7-5-19(25)6-8-20)28-29-30(22)16-18-12-14-26-15-13-18;/h2-3,5-10,18,26H,4,11-16H2,1H3,(H,27,31);1H. The van der Waals surface area contributed by atoms with Crippen LogP contribution in [0.5, 0.6) is 5.75 Å². The van der Waals surface area contributed by atoms with Crippen molar-refractivity contribution in [1.29, 1.82) is 0 Å². The summed E-state index contributed by atoms with van der Waals surface area (Å²) in [4.78, 5) is 13.0. The van der Waals surface area contributed by atoms with Crippen molar-refractivity contribution in [1.82, 2.24) is 20.3 Å². The SMILES string of the molecule is COc1ccc(CCc2c(C(=O)Nc3ccc(F)cc3)nnn2CC2CCNCC2)cc1.Cl. The Morgan fingerprint density at radius 1 is 1.12 bits per heavy atom. The van der Waals surface area contributed by atoms with Crippen LogP contribution in [0.25, 0.3) is 0 Å². The molecule has 0 bridgehead atoms. The predicted molar refractivity (Wildman–Crippen MR) is 128 cm³/mol. The Hall–Kier alpha value is -2.97. The molecule has 2 aromatic carbocycles. The van der Waals surface area contributed by atoms with E-state index in [-0.39, 0.29) is 24.1 Å². The maximum absolute atomic E-state index is 13.2. The Morgan fingerprint density at radius 3 is 2.48 bits per heavy atom. The summed E-state index contributed by atoms with van der Waals surface area (Å²) in [6.45, 7) is 2.74. The van der Waals surface area contributed by atoms with Crippen LogP contribution in [0.2, 0.25) is 0 Å². The molecule has 0 radical (unpaired) electrons. The average Bonchev–Trinajstić information content (AvgIpc) is 3.22. The number of halogens is 2. The van der Waals surface area contributed by atoms with Gasteiger partial charge in [-0.2, -0.15) is 0 Å². The van der Waals surface area contributed by atoms with Gasteiger partial charge in [0.05, 0.1) is 12.8 Å². The number of nitrogens with one attached hydrogen (secondary N) is 2. The van der Waals surface area contributed by atoms with Gasteiger partial charge in [0, 0.05) is 12.2 Å². The number of aryl methyl sites for hydroxylation is 1. The number of hydrogen-bond acceptors (Lipinski definition) is 5. The van der Waals surface area contributed by atoms with Crippen LogP contribution in [-0.2, 0) is 19.4 Å². The van der Waals surface area contributed by atoms with E-state index in [2.05, 4.69) is 20.9 Å². The van der Waals surface area contributed by atoms with Gasteiger partial charge in [0.25, 0.3) is 5.91 Å². The van der Waals surface area contributed by atoms with Gasteiger partial charge < -0.3 is 15.4 Å². The third-order valence-corrected chi connectivity index (χ3v) is 5.85. The summed E-state index contributed by atoms with van der Waals surface area (Å²) >= 11 is 0. The summed E-state index contributed by atoms with van der Waals surface area (Å²) in [6, 6.07) is 13.6. The fourth-order valence-corrected chi connectivity index (χ4v) is 3.99. The van der Waals surface area contributed by atoms with Crippen LogP contribution in [0.1, 0.15) is 34.6 Å². The molecule has 1 amide bonds. The molecular formula is C24H29ClFN5O2. The van der Waals surface area contributed by atoms with Crippen molar-refractivity contribution < 1.29 is 13.9 Å². The second-order valence-corrected chi connectivity index (χ2v) is 8.07. The van der Waals surface area contributed by atoms with Gasteiger partial charge in [-0.05, 0) is 86.7 Å². The first-order valence-electron chi connectivity index (χ1n) is 11.0. The van der Waals surface area contributed by atoms with E-state index in [9.17, 15) is 9.18 Å². The molecule has 2 heterocycles. The molecular weight excluding hydrogens is 445 g/mol. The molecule has 1 aliphatic heterocycles. The van der Waals surface area contributed by atoms with Crippen molar-refractivity contribution in [3.05, 3.63) is 71.3 Å². The highest BCUT2D eigenvalue weighted by Crippen LogP contribution is 2.20. The van der Waals surface area contributed by atoms with E-state index in [4.69, 9.17) is 4.74 Å². The number of amides is 1. The van der Waals surface area contributed by atoms with Crippen LogP contribution in [0, 0.1) is 11.7 Å². The molecule has 4 rings (SSSR count). The molecule has 0 atom stereocenters. The molecule has 0 spiro atoms. The molecule has 9 heteroatoms. The lowest BCUT2D eigenvalue weighted by molar-refractivity contribution is 0.102. The number of ether oxygens (including phenoxy) is 1. The Labute approximate surface area is 199 Å². The lowest BCUT2D eigenvalue weighted by atomic mass is 9.98. The minimum atomic E-state index is -0.351. The van der Waals surface area contributed by atoms with Crippen LogP contribution >= 0.6 is 12.4 Å². The van der Waals surface area contributed by atoms with E-state index in [1.54, 1.807) is 7.11 Å². The molecule has 1 saturated heterocycles. The first-order valence-corrected chi connectivity index (χ1v) is 11.0. The summed E-state index contributed by atoms with van der Waals surface area (Å²) in [5, 5.41) is 14.7. The number of methoxy groups -OCH3 is 1. The first-order chi connectivity index (χ1) is 15.6. The van der Waals surface area contributed by atoms with Crippen LogP contribution in [-0.4, -0.2) is 41.1 Å². The zero-order valence-corrected chi connectivity index (χ0v) is 19.4. The molecule has 0 unspecified atom stereocenters. The summed E-state index contributed by atoms with van der Waals surface area (Å²) in [5.41, 5.74) is 2.80. The fourth-order valence-electron chi connectivity index (χ4n) is 3.99. The van der Waals surface area contributed by atoms with Crippen LogP contribution in [0.4, 0.5) is 10.1 Å². The molecule has 0 saturated carbocycles. The highest BCUT2D eigenvalue weighted by atomic mass is 35.5. The first kappa shape index (κ1) is 24.7. The van der Waals surface area contributed by atoms with E-state index < -0.39 is 0 Å². The van der Waals surface area contributed by atoms with E-state index in [0.29, 0.717) is 23.7 Å². The number of anilines is 1. The van der Waals surface area contributed by atoms with Gasteiger partial charge in [-0.15, -0.1) is 17.5 Å². The van der Waals surface area contributed by atoms with Crippen molar-refractivity contribution in [2.24, 2.45) is 5.92 Å². The quantitative estimate of drug-likeness (QED) is 0.519. The number of benzene rings is 2. The van der Waals surface area contributed by atoms with Crippen LogP contribution < -0.4 is 15.4 Å². The van der Waals surface area contributed by atoms with E-state index in [1.165, 1.54) is 24.3 Å². The molecule has 33 heavy (non-hydrogen) atoms. The van der Waals surface area contributed by atoms with E-state index >= 15 is 0 Å². The third-order valence-electron chi connectivity index (χ3n) is 5.85. The Morgan fingerprint density at radius 2 is 1.82 bits per heavy atom. The lowest BCUT2D eigenvalue weighted by Crippen LogP contribution is -2.30. The zero-order chi connectivity index (χ0) is 22.3. The maximum Gasteiger partial charge on any atom is 0.278 e. The van der Waals surface area contributed by atoms with Crippen molar-refractivity contribution >= 4 is 24.0 Å².